The van der Waals surface area contributed by atoms with Crippen LogP contribution >= 0.6 is 0 Å². The minimum atomic E-state index is -0.908. The number of hydrogen-bond acceptors (Lipinski definition) is 9. The molecule has 2 aliphatic carbocycles. The lowest BCUT2D eigenvalue weighted by molar-refractivity contribution is 0.0626. The van der Waals surface area contributed by atoms with E-state index in [-0.39, 0.29) is 37.3 Å². The number of aliphatic hydroxyl groups excluding tert-OH is 1. The topological polar surface area (TPSA) is 101 Å². The number of benzene rings is 10. The van der Waals surface area contributed by atoms with Gasteiger partial charge in [-0.05, 0) is 166 Å². The third-order valence-electron chi connectivity index (χ3n) is 17.1. The highest BCUT2D eigenvalue weighted by atomic mass is 16.6. The Hall–Kier alpha value is -9.12. The number of fused-ring (bicyclic) bond motifs is 2. The molecule has 418 valence electrons. The van der Waals surface area contributed by atoms with Crippen molar-refractivity contribution in [2.75, 3.05) is 39.6 Å². The molecule has 2 heterocycles. The minimum Gasteiger partial charge on any atom is -0.491 e. The third kappa shape index (κ3) is 11.0. The summed E-state index contributed by atoms with van der Waals surface area (Å²) in [6.45, 7) is 2.61. The van der Waals surface area contributed by atoms with E-state index in [4.69, 9.17) is 37.9 Å². The molecule has 0 aromatic heterocycles. The first-order valence-corrected chi connectivity index (χ1v) is 29.1. The summed E-state index contributed by atoms with van der Waals surface area (Å²) in [7, 11) is 0. The molecule has 14 rings (SSSR count). The van der Waals surface area contributed by atoms with Gasteiger partial charge in [0, 0.05) is 22.7 Å². The van der Waals surface area contributed by atoms with Crippen LogP contribution in [-0.4, -0.2) is 63.1 Å². The average molecular weight is 1110 g/mol. The minimum absolute atomic E-state index is 0.0383. The number of rotatable bonds is 22. The van der Waals surface area contributed by atoms with E-state index in [2.05, 4.69) is 170 Å². The Bertz CT molecular complexity index is 3560. The zero-order valence-electron chi connectivity index (χ0n) is 46.5. The van der Waals surface area contributed by atoms with Crippen molar-refractivity contribution in [2.24, 2.45) is 0 Å². The van der Waals surface area contributed by atoms with E-state index in [1.807, 2.05) is 84.9 Å². The van der Waals surface area contributed by atoms with Crippen LogP contribution < -0.4 is 28.4 Å². The summed E-state index contributed by atoms with van der Waals surface area (Å²) < 4.78 is 48.9. The molecule has 84 heavy (non-hydrogen) atoms. The fraction of sp³-hybridized carbons (Fsp3) is 0.200. The molecule has 0 radical (unpaired) electrons. The van der Waals surface area contributed by atoms with Gasteiger partial charge in [-0.25, -0.2) is 0 Å². The molecule has 2 fully saturated rings. The van der Waals surface area contributed by atoms with Gasteiger partial charge in [-0.1, -0.05) is 158 Å². The predicted molar refractivity (Wildman–Crippen MR) is 325 cm³/mol. The summed E-state index contributed by atoms with van der Waals surface area (Å²) in [6, 6.07) is 88.3. The molecule has 0 bridgehead atoms. The van der Waals surface area contributed by atoms with E-state index in [0.717, 1.165) is 82.8 Å². The van der Waals surface area contributed by atoms with Crippen molar-refractivity contribution in [1.29, 1.82) is 0 Å². The van der Waals surface area contributed by atoms with Crippen molar-refractivity contribution in [3.8, 4) is 46.0 Å². The van der Waals surface area contributed by atoms with Crippen LogP contribution in [0.4, 0.5) is 0 Å². The quantitative estimate of drug-likeness (QED) is 0.0665. The molecular weight excluding hydrogens is 1040 g/mol. The molecular formula is C75H64O9. The van der Waals surface area contributed by atoms with Gasteiger partial charge in [0.25, 0.3) is 0 Å². The molecule has 0 amide bonds. The van der Waals surface area contributed by atoms with Gasteiger partial charge in [-0.15, -0.1) is 0 Å². The average Bonchev–Trinajstić information content (AvgIpc) is 2.22. The molecule has 6 atom stereocenters. The van der Waals surface area contributed by atoms with E-state index >= 15 is 0 Å². The van der Waals surface area contributed by atoms with Crippen LogP contribution in [0.1, 0.15) is 80.3 Å². The van der Waals surface area contributed by atoms with Crippen LogP contribution in [0, 0.1) is 0 Å². The lowest BCUT2D eigenvalue weighted by atomic mass is 9.69. The Labute approximate surface area is 490 Å². The maximum absolute atomic E-state index is 11.4. The first-order chi connectivity index (χ1) is 41.4. The van der Waals surface area contributed by atoms with Gasteiger partial charge in [0.05, 0.1) is 13.2 Å². The molecule has 0 saturated carbocycles. The molecule has 1 N–H and O–H groups in total. The lowest BCUT2D eigenvalue weighted by Gasteiger charge is -2.33. The zero-order chi connectivity index (χ0) is 56.3. The summed E-state index contributed by atoms with van der Waals surface area (Å²) in [5.41, 5.74) is 10.8. The second kappa shape index (κ2) is 23.3. The molecule has 9 nitrogen and oxygen atoms in total. The maximum Gasteiger partial charge on any atom is 0.127 e. The van der Waals surface area contributed by atoms with Gasteiger partial charge >= 0.3 is 0 Å². The Morgan fingerprint density at radius 2 is 0.667 bits per heavy atom. The van der Waals surface area contributed by atoms with Crippen molar-refractivity contribution in [2.45, 2.75) is 53.8 Å². The van der Waals surface area contributed by atoms with Crippen molar-refractivity contribution in [3.05, 3.63) is 310 Å². The van der Waals surface area contributed by atoms with Crippen molar-refractivity contribution < 1.29 is 43.0 Å². The summed E-state index contributed by atoms with van der Waals surface area (Å²) in [4.78, 5) is 0. The predicted octanol–water partition coefficient (Wildman–Crippen LogP) is 15.4. The van der Waals surface area contributed by atoms with Crippen molar-refractivity contribution >= 4 is 0 Å². The van der Waals surface area contributed by atoms with Gasteiger partial charge in [0.1, 0.15) is 90.7 Å². The molecule has 0 spiro atoms. The molecule has 10 aromatic carbocycles. The highest BCUT2D eigenvalue weighted by Gasteiger charge is 2.49. The summed E-state index contributed by atoms with van der Waals surface area (Å²) >= 11 is 0. The van der Waals surface area contributed by atoms with E-state index in [1.165, 1.54) is 33.4 Å². The van der Waals surface area contributed by atoms with Crippen molar-refractivity contribution in [1.82, 2.24) is 0 Å². The molecule has 4 aliphatic rings. The van der Waals surface area contributed by atoms with Gasteiger partial charge in [0.2, 0.25) is 0 Å². The maximum atomic E-state index is 11.4. The lowest BCUT2D eigenvalue weighted by Crippen LogP contribution is -2.27. The number of ether oxygens (including phenoxy) is 8. The first-order valence-electron chi connectivity index (χ1n) is 29.1. The third-order valence-corrected chi connectivity index (χ3v) is 17.1. The van der Waals surface area contributed by atoms with Crippen LogP contribution in [0.2, 0.25) is 0 Å². The summed E-state index contributed by atoms with van der Waals surface area (Å²) in [5, 5.41) is 11.4. The Balaban J connectivity index is 0.717. The highest BCUT2D eigenvalue weighted by Crippen LogP contribution is 2.59. The monoisotopic (exact) mass is 1110 g/mol. The fourth-order valence-electron chi connectivity index (χ4n) is 12.7. The standard InChI is InChI=1S/C75H64O9/c76-57(45-77-58-29-21-53(22-30-58)74(55-25-33-60(34-26-55)79-47-66-49-81-66)43-70(51-13-5-1-6-14-51)68-39-37-64(41-72(68)74)83-62-17-9-3-10-18-62)46-78-59-31-23-54(24-32-59)75(56-27-35-61(36-28-56)80-48-67-50-82-67)44-71(52-15-7-2-8-16-52)69-40-38-65(42-73(69)75)84-63-19-11-4-12-20-63/h1-42,57,66-67,70-71,76H,43-50H2. The SMILES string of the molecule is OC(COc1ccc(C2(c3ccc(OCC4CO4)cc3)CC(c3ccccc3)c3ccc(Oc4ccccc4)cc32)cc1)COc1ccc(C2(c3ccc(OCC4CO4)cc3)CC(c3ccccc3)c3ccc(Oc4ccccc4)cc32)cc1. The van der Waals surface area contributed by atoms with E-state index in [0.29, 0.717) is 24.7 Å². The normalized spacial score (nSPS) is 21.1. The number of para-hydroxylation sites is 2. The Kier molecular flexibility index (Phi) is 14.7. The molecule has 10 aromatic rings. The van der Waals surface area contributed by atoms with Crippen LogP contribution in [0.3, 0.4) is 0 Å². The largest absolute Gasteiger partial charge is 0.491 e. The zero-order valence-corrected chi connectivity index (χ0v) is 46.5. The number of aliphatic hydroxyl groups is 1. The highest BCUT2D eigenvalue weighted by molar-refractivity contribution is 5.65. The van der Waals surface area contributed by atoms with Gasteiger partial charge in [0.15, 0.2) is 0 Å². The summed E-state index contributed by atoms with van der Waals surface area (Å²) in [6.07, 6.45) is 0.992. The van der Waals surface area contributed by atoms with Crippen LogP contribution in [0.5, 0.6) is 46.0 Å². The number of epoxide rings is 2. The molecule has 6 unspecified atom stereocenters. The molecule has 2 aliphatic heterocycles. The summed E-state index contributed by atoms with van der Waals surface area (Å²) in [5.74, 6) is 6.23. The Morgan fingerprint density at radius 1 is 0.357 bits per heavy atom. The van der Waals surface area contributed by atoms with Gasteiger partial charge < -0.3 is 43.0 Å². The van der Waals surface area contributed by atoms with Crippen LogP contribution in [-0.2, 0) is 20.3 Å². The van der Waals surface area contributed by atoms with Crippen LogP contribution in [0.15, 0.2) is 255 Å². The van der Waals surface area contributed by atoms with Gasteiger partial charge in [-0.2, -0.15) is 0 Å². The smallest absolute Gasteiger partial charge is 0.127 e. The fourth-order valence-corrected chi connectivity index (χ4v) is 12.7. The second-order valence-corrected chi connectivity index (χ2v) is 22.4. The van der Waals surface area contributed by atoms with E-state index < -0.39 is 16.9 Å². The first kappa shape index (κ1) is 52.9. The molecule has 9 heteroatoms. The second-order valence-electron chi connectivity index (χ2n) is 22.4. The van der Waals surface area contributed by atoms with E-state index in [1.54, 1.807) is 0 Å². The molecule has 2 saturated heterocycles. The van der Waals surface area contributed by atoms with E-state index in [9.17, 15) is 5.11 Å². The number of hydrogen-bond donors (Lipinski definition) is 1. The Morgan fingerprint density at radius 3 is 1.00 bits per heavy atom. The van der Waals surface area contributed by atoms with Crippen molar-refractivity contribution in [3.63, 3.8) is 0 Å². The van der Waals surface area contributed by atoms with Gasteiger partial charge in [-0.3, -0.25) is 0 Å². The van der Waals surface area contributed by atoms with Crippen LogP contribution in [0.25, 0.3) is 0 Å².